The monoisotopic (exact) mass is 1320 g/mol. The Bertz CT molecular complexity index is 1770. The van der Waals surface area contributed by atoms with Crippen molar-refractivity contribution in [3.05, 3.63) is 0 Å². The van der Waals surface area contributed by atoms with Gasteiger partial charge in [0.15, 0.2) is 12.2 Å². The van der Waals surface area contributed by atoms with Crippen LogP contribution in [-0.2, 0) is 65.4 Å². The zero-order valence-corrected chi connectivity index (χ0v) is 60.4. The van der Waals surface area contributed by atoms with Gasteiger partial charge < -0.3 is 33.8 Å². The summed E-state index contributed by atoms with van der Waals surface area (Å²) in [7, 11) is -9.90. The van der Waals surface area contributed by atoms with E-state index in [9.17, 15) is 43.2 Å². The molecule has 3 N–H and O–H groups in total. The summed E-state index contributed by atoms with van der Waals surface area (Å²) in [5.74, 6) is 0.0815. The van der Waals surface area contributed by atoms with Crippen LogP contribution in [-0.4, -0.2) is 96.7 Å². The summed E-state index contributed by atoms with van der Waals surface area (Å²) in [6.07, 6.45) is 45.8. The molecular formula is C71H138O17P2. The Balaban J connectivity index is 5.26. The molecule has 90 heavy (non-hydrogen) atoms. The second-order valence-electron chi connectivity index (χ2n) is 27.1. The summed E-state index contributed by atoms with van der Waals surface area (Å²) in [4.78, 5) is 72.6. The highest BCUT2D eigenvalue weighted by Crippen LogP contribution is 2.45. The third-order valence-corrected chi connectivity index (χ3v) is 18.3. The molecule has 0 spiro atoms. The van der Waals surface area contributed by atoms with E-state index in [1.165, 1.54) is 161 Å². The van der Waals surface area contributed by atoms with Crippen molar-refractivity contribution in [3.8, 4) is 0 Å². The molecule has 0 saturated carbocycles. The topological polar surface area (TPSA) is 237 Å². The van der Waals surface area contributed by atoms with E-state index < -0.39 is 97.5 Å². The summed E-state index contributed by atoms with van der Waals surface area (Å²) < 4.78 is 68.3. The smallest absolute Gasteiger partial charge is 0.462 e. The number of hydrogen-bond donors (Lipinski definition) is 3. The molecule has 0 aromatic carbocycles. The van der Waals surface area contributed by atoms with E-state index >= 15 is 0 Å². The van der Waals surface area contributed by atoms with Crippen molar-refractivity contribution in [1.82, 2.24) is 0 Å². The number of phosphoric ester groups is 2. The van der Waals surface area contributed by atoms with Gasteiger partial charge in [-0.1, -0.05) is 305 Å². The molecule has 0 bridgehead atoms. The Labute approximate surface area is 549 Å². The lowest BCUT2D eigenvalue weighted by Gasteiger charge is -2.21. The predicted octanol–water partition coefficient (Wildman–Crippen LogP) is 20.2. The fraction of sp³-hybridized carbons (Fsp3) is 0.944. The van der Waals surface area contributed by atoms with Gasteiger partial charge in [0, 0.05) is 25.7 Å². The van der Waals surface area contributed by atoms with Gasteiger partial charge in [0.05, 0.1) is 26.4 Å². The molecule has 5 atom stereocenters. The lowest BCUT2D eigenvalue weighted by molar-refractivity contribution is -0.161. The Kier molecular flexibility index (Phi) is 60.6. The number of esters is 4. The van der Waals surface area contributed by atoms with Gasteiger partial charge in [-0.25, -0.2) is 9.13 Å². The normalized spacial score (nSPS) is 14.2. The van der Waals surface area contributed by atoms with E-state index in [0.29, 0.717) is 31.6 Å². The first-order valence-corrected chi connectivity index (χ1v) is 39.8. The molecule has 0 radical (unpaired) electrons. The Hall–Kier alpha value is -1.94. The molecule has 0 aliphatic carbocycles. The number of ether oxygens (including phenoxy) is 4. The third-order valence-electron chi connectivity index (χ3n) is 16.4. The van der Waals surface area contributed by atoms with E-state index in [1.807, 2.05) is 0 Å². The fourth-order valence-electron chi connectivity index (χ4n) is 10.7. The maximum atomic E-state index is 13.0. The molecule has 0 heterocycles. The Morgan fingerprint density at radius 2 is 0.511 bits per heavy atom. The van der Waals surface area contributed by atoms with E-state index in [2.05, 4.69) is 48.5 Å². The summed E-state index contributed by atoms with van der Waals surface area (Å²) in [5, 5.41) is 10.6. The second-order valence-corrected chi connectivity index (χ2v) is 30.0. The summed E-state index contributed by atoms with van der Waals surface area (Å²) in [6, 6.07) is 0. The molecule has 2 unspecified atom stereocenters. The molecule has 19 heteroatoms. The number of rotatable bonds is 69. The van der Waals surface area contributed by atoms with Crippen molar-refractivity contribution >= 4 is 39.5 Å². The number of aliphatic hydroxyl groups excluding tert-OH is 1. The quantitative estimate of drug-likeness (QED) is 0.0222. The van der Waals surface area contributed by atoms with Crippen LogP contribution in [0.4, 0.5) is 0 Å². The number of unbranched alkanes of at least 4 members (excludes halogenated alkanes) is 37. The maximum Gasteiger partial charge on any atom is 0.472 e. The number of hydrogen-bond acceptors (Lipinski definition) is 15. The number of carbonyl (C=O) groups excluding carboxylic acids is 4. The lowest BCUT2D eigenvalue weighted by Crippen LogP contribution is -2.30. The number of phosphoric acid groups is 2. The molecule has 0 rings (SSSR count). The van der Waals surface area contributed by atoms with Gasteiger partial charge in [-0.2, -0.15) is 0 Å². The SMILES string of the molecule is CCCCCCCCCCCCCCCCC(=O)OC[C@H](COP(=O)(O)OC[C@@H](O)COP(=O)(O)OC[C@@H](COC(=O)CCCCCCCCCC(C)C)OC(=O)CCCCCCCCCCCC(C)C)OC(=O)CCCCCCCCCCCCCC(C)C. The van der Waals surface area contributed by atoms with Crippen LogP contribution < -0.4 is 0 Å². The standard InChI is InChI=1S/C71H138O17P2/c1-8-9-10-11-12-13-14-15-16-19-24-31-38-45-52-68(73)81-58-66(87-70(75)54-47-40-32-25-20-17-18-22-28-35-42-49-62(2)3)60-85-89(77,78)83-56-65(72)57-84-90(79,80)86-61-67(59-82-69(74)53-46-39-34-27-30-37-44-51-64(6)7)88-71(76)55-48-41-33-26-21-23-29-36-43-50-63(4)5/h62-67,72H,8-61H2,1-7H3,(H,77,78)(H,79,80)/t65-,66-,67-/m1/s1. The molecule has 0 amide bonds. The minimum Gasteiger partial charge on any atom is -0.462 e. The minimum absolute atomic E-state index is 0.104. The largest absolute Gasteiger partial charge is 0.472 e. The van der Waals surface area contributed by atoms with Gasteiger partial charge in [-0.15, -0.1) is 0 Å². The number of aliphatic hydroxyl groups is 1. The van der Waals surface area contributed by atoms with Crippen LogP contribution in [0.1, 0.15) is 357 Å². The van der Waals surface area contributed by atoms with E-state index in [0.717, 1.165) is 108 Å². The van der Waals surface area contributed by atoms with Crippen molar-refractivity contribution < 1.29 is 80.2 Å². The molecule has 534 valence electrons. The highest BCUT2D eigenvalue weighted by atomic mass is 31.2. The molecule has 0 saturated heterocycles. The first-order valence-electron chi connectivity index (χ1n) is 36.8. The van der Waals surface area contributed by atoms with Crippen LogP contribution in [0.5, 0.6) is 0 Å². The van der Waals surface area contributed by atoms with E-state index in [-0.39, 0.29) is 25.7 Å². The van der Waals surface area contributed by atoms with Crippen LogP contribution in [0.3, 0.4) is 0 Å². The highest BCUT2D eigenvalue weighted by molar-refractivity contribution is 7.47. The van der Waals surface area contributed by atoms with Crippen LogP contribution in [0.25, 0.3) is 0 Å². The zero-order valence-electron chi connectivity index (χ0n) is 58.6. The van der Waals surface area contributed by atoms with Gasteiger partial charge in [0.2, 0.25) is 0 Å². The van der Waals surface area contributed by atoms with E-state index in [4.69, 9.17) is 37.0 Å². The summed E-state index contributed by atoms with van der Waals surface area (Å²) >= 11 is 0. The molecule has 0 aromatic heterocycles. The second kappa shape index (κ2) is 61.9. The van der Waals surface area contributed by atoms with Gasteiger partial charge >= 0.3 is 39.5 Å². The van der Waals surface area contributed by atoms with Crippen molar-refractivity contribution in [3.63, 3.8) is 0 Å². The molecule has 17 nitrogen and oxygen atoms in total. The highest BCUT2D eigenvalue weighted by Gasteiger charge is 2.30. The van der Waals surface area contributed by atoms with Crippen LogP contribution in [0.15, 0.2) is 0 Å². The summed E-state index contributed by atoms with van der Waals surface area (Å²) in [5.41, 5.74) is 0. The molecule has 0 aromatic rings. The molecule has 0 fully saturated rings. The van der Waals surface area contributed by atoms with Gasteiger partial charge in [-0.3, -0.25) is 37.3 Å². The number of carbonyl (C=O) groups is 4. The molecular weight excluding hydrogens is 1190 g/mol. The van der Waals surface area contributed by atoms with Crippen LogP contribution in [0.2, 0.25) is 0 Å². The zero-order chi connectivity index (χ0) is 66.6. The average Bonchev–Trinajstić information content (AvgIpc) is 2.90. The Morgan fingerprint density at radius 1 is 0.300 bits per heavy atom. The average molecular weight is 1330 g/mol. The molecule has 0 aliphatic heterocycles. The van der Waals surface area contributed by atoms with Crippen LogP contribution >= 0.6 is 15.6 Å². The maximum absolute atomic E-state index is 13.0. The van der Waals surface area contributed by atoms with Crippen molar-refractivity contribution in [2.45, 2.75) is 375 Å². The minimum atomic E-state index is -4.95. The van der Waals surface area contributed by atoms with Gasteiger partial charge in [0.1, 0.15) is 19.3 Å². The lowest BCUT2D eigenvalue weighted by atomic mass is 10.0. The Morgan fingerprint density at radius 3 is 0.756 bits per heavy atom. The van der Waals surface area contributed by atoms with Crippen molar-refractivity contribution in [1.29, 1.82) is 0 Å². The van der Waals surface area contributed by atoms with Gasteiger partial charge in [0.25, 0.3) is 0 Å². The van der Waals surface area contributed by atoms with Crippen molar-refractivity contribution in [2.24, 2.45) is 17.8 Å². The molecule has 0 aliphatic rings. The van der Waals surface area contributed by atoms with Crippen LogP contribution in [0, 0.1) is 17.8 Å². The first kappa shape index (κ1) is 88.1. The van der Waals surface area contributed by atoms with Crippen molar-refractivity contribution in [2.75, 3.05) is 39.6 Å². The first-order chi connectivity index (χ1) is 43.2. The van der Waals surface area contributed by atoms with Gasteiger partial charge in [-0.05, 0) is 43.4 Å². The van der Waals surface area contributed by atoms with E-state index in [1.54, 1.807) is 0 Å². The fourth-order valence-corrected chi connectivity index (χ4v) is 12.3. The summed E-state index contributed by atoms with van der Waals surface area (Å²) in [6.45, 7) is 11.8. The predicted molar refractivity (Wildman–Crippen MR) is 363 cm³/mol. The third kappa shape index (κ3) is 64.8.